The fourth-order valence-electron chi connectivity index (χ4n) is 2.56. The lowest BCUT2D eigenvalue weighted by molar-refractivity contribution is 0.385. The van der Waals surface area contributed by atoms with Gasteiger partial charge in [0.2, 0.25) is 0 Å². The molecule has 0 bridgehead atoms. The molecule has 5 heteroatoms. The maximum Gasteiger partial charge on any atom is 0.258 e. The summed E-state index contributed by atoms with van der Waals surface area (Å²) in [6, 6.07) is 5.36. The van der Waals surface area contributed by atoms with Crippen molar-refractivity contribution < 1.29 is 4.52 Å². The first-order valence-electron chi connectivity index (χ1n) is 6.63. The number of halogens is 1. The highest BCUT2D eigenvalue weighted by Crippen LogP contribution is 2.32. The zero-order valence-corrected chi connectivity index (χ0v) is 11.4. The van der Waals surface area contributed by atoms with Crippen LogP contribution in [0.25, 0.3) is 11.5 Å². The molecule has 3 rings (SSSR count). The Balaban J connectivity index is 1.85. The number of anilines is 1. The van der Waals surface area contributed by atoms with E-state index in [9.17, 15) is 0 Å². The van der Waals surface area contributed by atoms with E-state index < -0.39 is 0 Å². The van der Waals surface area contributed by atoms with Crippen LogP contribution in [0, 0.1) is 0 Å². The lowest BCUT2D eigenvalue weighted by atomic mass is 9.89. The fourth-order valence-corrected chi connectivity index (χ4v) is 2.67. The van der Waals surface area contributed by atoms with Gasteiger partial charge in [-0.25, -0.2) is 0 Å². The van der Waals surface area contributed by atoms with Crippen molar-refractivity contribution >= 4 is 17.3 Å². The third-order valence-electron chi connectivity index (χ3n) is 3.66. The first-order valence-corrected chi connectivity index (χ1v) is 7.01. The molecule has 0 saturated heterocycles. The van der Waals surface area contributed by atoms with Crippen LogP contribution >= 0.6 is 11.6 Å². The molecule has 1 fully saturated rings. The van der Waals surface area contributed by atoms with Gasteiger partial charge in [0, 0.05) is 11.5 Å². The molecule has 2 N–H and O–H groups in total. The molecule has 1 aliphatic carbocycles. The number of nitrogens with two attached hydrogens (primary N) is 1. The van der Waals surface area contributed by atoms with Gasteiger partial charge >= 0.3 is 0 Å². The molecule has 2 aromatic rings. The van der Waals surface area contributed by atoms with Crippen molar-refractivity contribution in [2.45, 2.75) is 38.0 Å². The van der Waals surface area contributed by atoms with Crippen molar-refractivity contribution in [2.75, 3.05) is 5.73 Å². The number of aromatic nitrogens is 2. The van der Waals surface area contributed by atoms with Gasteiger partial charge in [-0.05, 0) is 31.0 Å². The molecule has 1 saturated carbocycles. The molecule has 0 amide bonds. The molecule has 0 atom stereocenters. The van der Waals surface area contributed by atoms with Gasteiger partial charge in [0.15, 0.2) is 5.82 Å². The van der Waals surface area contributed by atoms with Crippen molar-refractivity contribution in [3.8, 4) is 11.5 Å². The maximum absolute atomic E-state index is 5.90. The summed E-state index contributed by atoms with van der Waals surface area (Å²) >= 11 is 5.90. The summed E-state index contributed by atoms with van der Waals surface area (Å²) < 4.78 is 5.34. The third-order valence-corrected chi connectivity index (χ3v) is 4.00. The topological polar surface area (TPSA) is 64.9 Å². The average molecular weight is 278 g/mol. The minimum atomic E-state index is 0.441. The van der Waals surface area contributed by atoms with Crippen LogP contribution in [0.2, 0.25) is 5.02 Å². The summed E-state index contributed by atoms with van der Waals surface area (Å²) in [6.07, 6.45) is 6.13. The smallest absolute Gasteiger partial charge is 0.258 e. The van der Waals surface area contributed by atoms with Crippen molar-refractivity contribution in [1.82, 2.24) is 10.1 Å². The molecule has 1 aliphatic rings. The molecule has 0 aliphatic heterocycles. The standard InChI is InChI=1S/C14H16ClN3O/c15-11-7-6-10(8-12(11)16)14-17-13(18-19-14)9-4-2-1-3-5-9/h6-9H,1-5,16H2. The van der Waals surface area contributed by atoms with Crippen LogP contribution in [0.1, 0.15) is 43.8 Å². The van der Waals surface area contributed by atoms with Crippen LogP contribution < -0.4 is 5.73 Å². The summed E-state index contributed by atoms with van der Waals surface area (Å²) in [6.45, 7) is 0. The van der Waals surface area contributed by atoms with Crippen LogP contribution in [-0.2, 0) is 0 Å². The van der Waals surface area contributed by atoms with Crippen LogP contribution in [0.3, 0.4) is 0 Å². The zero-order valence-electron chi connectivity index (χ0n) is 10.6. The van der Waals surface area contributed by atoms with Gasteiger partial charge in [0.1, 0.15) is 0 Å². The van der Waals surface area contributed by atoms with E-state index in [1.54, 1.807) is 12.1 Å². The summed E-state index contributed by atoms with van der Waals surface area (Å²) in [5.74, 6) is 1.78. The lowest BCUT2D eigenvalue weighted by Crippen LogP contribution is -2.06. The fraction of sp³-hybridized carbons (Fsp3) is 0.429. The van der Waals surface area contributed by atoms with Crippen LogP contribution in [0.15, 0.2) is 22.7 Å². The zero-order chi connectivity index (χ0) is 13.2. The number of benzene rings is 1. The molecular formula is C14H16ClN3O. The van der Waals surface area contributed by atoms with E-state index in [2.05, 4.69) is 10.1 Å². The normalized spacial score (nSPS) is 16.7. The quantitative estimate of drug-likeness (QED) is 0.842. The highest BCUT2D eigenvalue weighted by Gasteiger charge is 2.21. The molecule has 100 valence electrons. The molecular weight excluding hydrogens is 262 g/mol. The second-order valence-corrected chi connectivity index (χ2v) is 5.44. The van der Waals surface area contributed by atoms with E-state index in [1.807, 2.05) is 6.07 Å². The molecule has 4 nitrogen and oxygen atoms in total. The first kappa shape index (κ1) is 12.5. The van der Waals surface area contributed by atoms with Gasteiger partial charge in [-0.2, -0.15) is 4.98 Å². The van der Waals surface area contributed by atoms with E-state index in [-0.39, 0.29) is 0 Å². The Morgan fingerprint density at radius 3 is 2.74 bits per heavy atom. The van der Waals surface area contributed by atoms with Gasteiger partial charge in [-0.3, -0.25) is 0 Å². The van der Waals surface area contributed by atoms with E-state index in [1.165, 1.54) is 19.3 Å². The Morgan fingerprint density at radius 2 is 2.00 bits per heavy atom. The molecule has 1 heterocycles. The Labute approximate surface area is 117 Å². The van der Waals surface area contributed by atoms with Crippen molar-refractivity contribution in [1.29, 1.82) is 0 Å². The minimum absolute atomic E-state index is 0.441. The summed E-state index contributed by atoms with van der Waals surface area (Å²) in [4.78, 5) is 4.50. The highest BCUT2D eigenvalue weighted by atomic mass is 35.5. The maximum atomic E-state index is 5.90. The number of rotatable bonds is 2. The van der Waals surface area contributed by atoms with Gasteiger partial charge < -0.3 is 10.3 Å². The van der Waals surface area contributed by atoms with Gasteiger partial charge in [0.05, 0.1) is 10.7 Å². The number of nitrogens with zero attached hydrogens (tertiary/aromatic N) is 2. The Kier molecular flexibility index (Phi) is 3.42. The SMILES string of the molecule is Nc1cc(-c2nc(C3CCCCC3)no2)ccc1Cl. The van der Waals surface area contributed by atoms with Crippen molar-refractivity contribution in [2.24, 2.45) is 0 Å². The molecule has 0 unspecified atom stereocenters. The van der Waals surface area contributed by atoms with E-state index >= 15 is 0 Å². The number of hydrogen-bond acceptors (Lipinski definition) is 4. The first-order chi connectivity index (χ1) is 9.24. The van der Waals surface area contributed by atoms with Crippen LogP contribution in [0.4, 0.5) is 5.69 Å². The second-order valence-electron chi connectivity index (χ2n) is 5.03. The summed E-state index contributed by atoms with van der Waals surface area (Å²) in [7, 11) is 0. The van der Waals surface area contributed by atoms with Gasteiger partial charge in [0.25, 0.3) is 5.89 Å². The second kappa shape index (κ2) is 5.21. The predicted molar refractivity (Wildman–Crippen MR) is 75.0 cm³/mol. The molecule has 1 aromatic heterocycles. The molecule has 0 spiro atoms. The highest BCUT2D eigenvalue weighted by molar-refractivity contribution is 6.33. The van der Waals surface area contributed by atoms with Crippen molar-refractivity contribution in [3.05, 3.63) is 29.0 Å². The number of hydrogen-bond donors (Lipinski definition) is 1. The predicted octanol–water partition coefficient (Wildman–Crippen LogP) is 4.02. The average Bonchev–Trinajstić information content (AvgIpc) is 2.93. The monoisotopic (exact) mass is 277 g/mol. The number of nitrogen functional groups attached to an aromatic ring is 1. The lowest BCUT2D eigenvalue weighted by Gasteiger charge is -2.17. The molecule has 19 heavy (non-hydrogen) atoms. The van der Waals surface area contributed by atoms with E-state index in [0.29, 0.717) is 22.5 Å². The Hall–Kier alpha value is -1.55. The van der Waals surface area contributed by atoms with E-state index in [0.717, 1.165) is 24.2 Å². The van der Waals surface area contributed by atoms with Gasteiger partial charge in [-0.1, -0.05) is 36.0 Å². The minimum Gasteiger partial charge on any atom is -0.398 e. The summed E-state index contributed by atoms with van der Waals surface area (Å²) in [5, 5.41) is 4.65. The third kappa shape index (κ3) is 2.59. The molecule has 0 radical (unpaired) electrons. The van der Waals surface area contributed by atoms with E-state index in [4.69, 9.17) is 21.9 Å². The van der Waals surface area contributed by atoms with Gasteiger partial charge in [-0.15, -0.1) is 0 Å². The summed E-state index contributed by atoms with van der Waals surface area (Å²) in [5.41, 5.74) is 7.13. The largest absolute Gasteiger partial charge is 0.398 e. The molecule has 1 aromatic carbocycles. The van der Waals surface area contributed by atoms with Crippen molar-refractivity contribution in [3.63, 3.8) is 0 Å². The van der Waals surface area contributed by atoms with Crippen LogP contribution in [0.5, 0.6) is 0 Å². The van der Waals surface area contributed by atoms with Crippen LogP contribution in [-0.4, -0.2) is 10.1 Å². The Morgan fingerprint density at radius 1 is 1.21 bits per heavy atom. The Bertz CT molecular complexity index is 576.